The number of alkyl carbamates (subject to hydrolysis) is 1. The molecule has 8 nitrogen and oxygen atoms in total. The van der Waals surface area contributed by atoms with Crippen LogP contribution in [0, 0.1) is 0 Å². The van der Waals surface area contributed by atoms with Crippen LogP contribution in [-0.2, 0) is 23.8 Å². The van der Waals surface area contributed by atoms with Crippen LogP contribution < -0.4 is 10.1 Å². The third-order valence-corrected chi connectivity index (χ3v) is 3.25. The topological polar surface area (TPSA) is 108 Å². The highest BCUT2D eigenvalue weighted by Gasteiger charge is 2.22. The summed E-state index contributed by atoms with van der Waals surface area (Å²) in [5.41, 5.74) is -0.142. The minimum absolute atomic E-state index is 0.301. The molecule has 154 valence electrons. The quantitative estimate of drug-likeness (QED) is 0.441. The molecule has 0 saturated carbocycles. The zero-order valence-corrected chi connectivity index (χ0v) is 17.7. The molecule has 9 heteroatoms. The van der Waals surface area contributed by atoms with Gasteiger partial charge in [-0.05, 0) is 38.5 Å². The average Bonchev–Trinajstić information content (AvgIpc) is 2.51. The monoisotopic (exact) mass is 403 g/mol. The summed E-state index contributed by atoms with van der Waals surface area (Å²) in [4.78, 5) is 22.9. The van der Waals surface area contributed by atoms with E-state index in [2.05, 4.69) is 5.32 Å². The van der Waals surface area contributed by atoms with Gasteiger partial charge in [-0.1, -0.05) is 26.0 Å². The second-order valence-electron chi connectivity index (χ2n) is 6.35. The molecular weight excluding hydrogens is 374 g/mol. The van der Waals surface area contributed by atoms with Gasteiger partial charge >= 0.3 is 12.1 Å². The van der Waals surface area contributed by atoms with Crippen molar-refractivity contribution in [3.8, 4) is 5.75 Å². The molecule has 0 aliphatic heterocycles. The van der Waals surface area contributed by atoms with E-state index in [0.717, 1.165) is 6.26 Å². The number of nitrogens with one attached hydrogen (secondary N) is 1. The van der Waals surface area contributed by atoms with Gasteiger partial charge in [0, 0.05) is 6.92 Å². The Hall–Kier alpha value is -2.13. The molecule has 0 aliphatic carbocycles. The molecule has 1 unspecified atom stereocenters. The van der Waals surface area contributed by atoms with Crippen molar-refractivity contribution >= 4 is 22.2 Å². The molecule has 1 atom stereocenters. The van der Waals surface area contributed by atoms with E-state index in [4.69, 9.17) is 13.7 Å². The van der Waals surface area contributed by atoms with E-state index in [0.29, 0.717) is 11.3 Å². The first-order chi connectivity index (χ1) is 12.4. The molecule has 1 aromatic carbocycles. The van der Waals surface area contributed by atoms with Gasteiger partial charge in [-0.25, -0.2) is 4.79 Å². The first-order valence-corrected chi connectivity index (χ1v) is 10.3. The Labute approximate surface area is 161 Å². The Kier molecular flexibility index (Phi) is 10.0. The SMILES string of the molecule is CC.CC(=O)Oc1ccc(C(COS(C)(=O)=O)NC(=O)OC(C)(C)C)cc1. The first kappa shape index (κ1) is 24.9. The van der Waals surface area contributed by atoms with E-state index in [9.17, 15) is 18.0 Å². The highest BCUT2D eigenvalue weighted by molar-refractivity contribution is 7.85. The van der Waals surface area contributed by atoms with Gasteiger partial charge in [0.2, 0.25) is 0 Å². The molecule has 0 saturated heterocycles. The molecule has 0 fully saturated rings. The minimum atomic E-state index is -3.68. The molecular formula is C18H29NO7S. The molecule has 1 rings (SSSR count). The lowest BCUT2D eigenvalue weighted by Crippen LogP contribution is -2.37. The predicted molar refractivity (Wildman–Crippen MR) is 102 cm³/mol. The van der Waals surface area contributed by atoms with Crippen LogP contribution in [0.5, 0.6) is 5.75 Å². The standard InChI is InChI=1S/C16H23NO7S.C2H6/c1-11(18)23-13-8-6-12(7-9-13)14(10-22-25(5,20)21)17-15(19)24-16(2,3)4;1-2/h6-9,14H,10H2,1-5H3,(H,17,19);1-2H3. The number of carbonyl (C=O) groups is 2. The van der Waals surface area contributed by atoms with E-state index in [1.54, 1.807) is 32.9 Å². The number of amides is 1. The fraction of sp³-hybridized carbons (Fsp3) is 0.556. The summed E-state index contributed by atoms with van der Waals surface area (Å²) in [7, 11) is -3.68. The van der Waals surface area contributed by atoms with Crippen molar-refractivity contribution in [2.24, 2.45) is 0 Å². The van der Waals surface area contributed by atoms with Crippen LogP contribution in [0.2, 0.25) is 0 Å². The summed E-state index contributed by atoms with van der Waals surface area (Å²) in [5.74, 6) is -0.132. The number of benzene rings is 1. The van der Waals surface area contributed by atoms with Crippen LogP contribution >= 0.6 is 0 Å². The number of esters is 1. The van der Waals surface area contributed by atoms with Crippen molar-refractivity contribution in [1.82, 2.24) is 5.32 Å². The normalized spacial score (nSPS) is 12.3. The lowest BCUT2D eigenvalue weighted by atomic mass is 10.1. The summed E-state index contributed by atoms with van der Waals surface area (Å²) in [5, 5.41) is 2.56. The Morgan fingerprint density at radius 3 is 2.04 bits per heavy atom. The Bertz CT molecular complexity index is 706. The fourth-order valence-electron chi connectivity index (χ4n) is 1.80. The Morgan fingerprint density at radius 2 is 1.63 bits per heavy atom. The van der Waals surface area contributed by atoms with Gasteiger partial charge in [-0.15, -0.1) is 0 Å². The summed E-state index contributed by atoms with van der Waals surface area (Å²) in [6.07, 6.45) is 0.208. The summed E-state index contributed by atoms with van der Waals surface area (Å²) >= 11 is 0. The van der Waals surface area contributed by atoms with Crippen LogP contribution in [-0.4, -0.2) is 38.9 Å². The van der Waals surface area contributed by atoms with Gasteiger partial charge in [0.25, 0.3) is 10.1 Å². The lowest BCUT2D eigenvalue weighted by molar-refractivity contribution is -0.131. The summed E-state index contributed by atoms with van der Waals surface area (Å²) in [6.45, 7) is 10.1. The maximum atomic E-state index is 12.0. The Morgan fingerprint density at radius 1 is 1.11 bits per heavy atom. The minimum Gasteiger partial charge on any atom is -0.444 e. The number of hydrogen-bond acceptors (Lipinski definition) is 7. The van der Waals surface area contributed by atoms with E-state index in [-0.39, 0.29) is 6.61 Å². The largest absolute Gasteiger partial charge is 0.444 e. The summed E-state index contributed by atoms with van der Waals surface area (Å²) < 4.78 is 37.4. The number of hydrogen-bond donors (Lipinski definition) is 1. The predicted octanol–water partition coefficient (Wildman–Crippen LogP) is 3.18. The first-order valence-electron chi connectivity index (χ1n) is 8.48. The van der Waals surface area contributed by atoms with Crippen LogP contribution in [0.25, 0.3) is 0 Å². The molecule has 0 radical (unpaired) electrons. The lowest BCUT2D eigenvalue weighted by Gasteiger charge is -2.23. The number of carbonyl (C=O) groups excluding carboxylic acids is 2. The summed E-state index contributed by atoms with van der Waals surface area (Å²) in [6, 6.07) is 5.47. The van der Waals surface area contributed by atoms with Crippen LogP contribution in [0.4, 0.5) is 4.79 Å². The van der Waals surface area contributed by atoms with Crippen molar-refractivity contribution in [2.75, 3.05) is 12.9 Å². The molecule has 1 N–H and O–H groups in total. The van der Waals surface area contributed by atoms with Crippen molar-refractivity contribution in [2.45, 2.75) is 53.2 Å². The van der Waals surface area contributed by atoms with E-state index >= 15 is 0 Å². The van der Waals surface area contributed by atoms with Gasteiger partial charge in [-0.2, -0.15) is 8.42 Å². The van der Waals surface area contributed by atoms with Gasteiger partial charge in [0.1, 0.15) is 11.4 Å². The van der Waals surface area contributed by atoms with Crippen LogP contribution in [0.1, 0.15) is 53.1 Å². The van der Waals surface area contributed by atoms with Crippen molar-refractivity contribution in [3.63, 3.8) is 0 Å². The van der Waals surface area contributed by atoms with Gasteiger partial charge < -0.3 is 14.8 Å². The highest BCUT2D eigenvalue weighted by atomic mass is 32.2. The molecule has 1 amide bonds. The molecule has 0 aromatic heterocycles. The second-order valence-corrected chi connectivity index (χ2v) is 7.99. The van der Waals surface area contributed by atoms with Gasteiger partial charge in [0.15, 0.2) is 0 Å². The van der Waals surface area contributed by atoms with Gasteiger partial charge in [0.05, 0.1) is 18.9 Å². The smallest absolute Gasteiger partial charge is 0.408 e. The van der Waals surface area contributed by atoms with Gasteiger partial charge in [-0.3, -0.25) is 8.98 Å². The molecule has 1 aromatic rings. The van der Waals surface area contributed by atoms with Crippen LogP contribution in [0.15, 0.2) is 24.3 Å². The molecule has 0 spiro atoms. The molecule has 27 heavy (non-hydrogen) atoms. The maximum Gasteiger partial charge on any atom is 0.408 e. The highest BCUT2D eigenvalue weighted by Crippen LogP contribution is 2.20. The Balaban J connectivity index is 0.00000326. The van der Waals surface area contributed by atoms with Crippen molar-refractivity contribution in [1.29, 1.82) is 0 Å². The maximum absolute atomic E-state index is 12.0. The number of ether oxygens (including phenoxy) is 2. The zero-order chi connectivity index (χ0) is 21.3. The second kappa shape index (κ2) is 10.9. The van der Waals surface area contributed by atoms with E-state index in [1.165, 1.54) is 19.1 Å². The molecule has 0 heterocycles. The third kappa shape index (κ3) is 12.0. The van der Waals surface area contributed by atoms with E-state index in [1.807, 2.05) is 13.8 Å². The fourth-order valence-corrected chi connectivity index (χ4v) is 2.18. The average molecular weight is 403 g/mol. The zero-order valence-electron chi connectivity index (χ0n) is 16.9. The van der Waals surface area contributed by atoms with Crippen molar-refractivity contribution in [3.05, 3.63) is 29.8 Å². The molecule has 0 bridgehead atoms. The van der Waals surface area contributed by atoms with Crippen molar-refractivity contribution < 1.29 is 31.7 Å². The molecule has 0 aliphatic rings. The van der Waals surface area contributed by atoms with Crippen LogP contribution in [0.3, 0.4) is 0 Å². The van der Waals surface area contributed by atoms with E-state index < -0.39 is 33.8 Å². The number of rotatable bonds is 6. The third-order valence-electron chi connectivity index (χ3n) is 2.68.